The Balaban J connectivity index is 1.69. The molecule has 1 aliphatic rings. The Bertz CT molecular complexity index is 636. The third-order valence-corrected chi connectivity index (χ3v) is 4.57. The predicted molar refractivity (Wildman–Crippen MR) is 82.6 cm³/mol. The molecule has 0 saturated heterocycles. The summed E-state index contributed by atoms with van der Waals surface area (Å²) in [6.07, 6.45) is -1.68. The van der Waals surface area contributed by atoms with E-state index in [1.807, 2.05) is 42.5 Å². The highest BCUT2D eigenvalue weighted by atomic mass is 19.4. The predicted octanol–water partition coefficient (Wildman–Crippen LogP) is 5.05. The number of alkyl halides is 3. The molecule has 1 N–H and O–H groups in total. The number of fused-ring (bicyclic) bond motifs is 1. The summed E-state index contributed by atoms with van der Waals surface area (Å²) >= 11 is 0. The molecule has 0 aromatic heterocycles. The average Bonchev–Trinajstić information content (AvgIpc) is 2.52. The standard InChI is InChI=1S/C18H20F3N/c19-18(20,21)16-7-3-4-8-17(16)22-12-13-9-10-14-5-1-2-6-15(14)11-13/h1-2,5-6,9-11,16-17,22H,3-4,7-8,12H2. The topological polar surface area (TPSA) is 12.0 Å². The highest BCUT2D eigenvalue weighted by Gasteiger charge is 2.45. The monoisotopic (exact) mass is 307 g/mol. The van der Waals surface area contributed by atoms with Gasteiger partial charge in [-0.15, -0.1) is 0 Å². The molecular weight excluding hydrogens is 287 g/mol. The smallest absolute Gasteiger partial charge is 0.309 e. The first-order valence-corrected chi connectivity index (χ1v) is 7.82. The van der Waals surface area contributed by atoms with Crippen molar-refractivity contribution in [1.29, 1.82) is 0 Å². The van der Waals surface area contributed by atoms with Crippen molar-refractivity contribution in [1.82, 2.24) is 5.32 Å². The van der Waals surface area contributed by atoms with Gasteiger partial charge >= 0.3 is 6.18 Å². The number of halogens is 3. The van der Waals surface area contributed by atoms with Crippen molar-refractivity contribution in [3.05, 3.63) is 48.0 Å². The van der Waals surface area contributed by atoms with Gasteiger partial charge in [0.1, 0.15) is 0 Å². The van der Waals surface area contributed by atoms with E-state index in [1.54, 1.807) is 0 Å². The van der Waals surface area contributed by atoms with E-state index in [0.717, 1.165) is 22.8 Å². The molecule has 1 fully saturated rings. The first-order valence-electron chi connectivity index (χ1n) is 7.82. The SMILES string of the molecule is FC(F)(F)C1CCCCC1NCc1ccc2ccccc2c1. The summed E-state index contributed by atoms with van der Waals surface area (Å²) in [5.74, 6) is -1.21. The number of nitrogens with one attached hydrogen (secondary N) is 1. The fraction of sp³-hybridized carbons (Fsp3) is 0.444. The average molecular weight is 307 g/mol. The lowest BCUT2D eigenvalue weighted by Crippen LogP contribution is -2.45. The van der Waals surface area contributed by atoms with Gasteiger partial charge in [-0.25, -0.2) is 0 Å². The summed E-state index contributed by atoms with van der Waals surface area (Å²) in [5.41, 5.74) is 1.03. The summed E-state index contributed by atoms with van der Waals surface area (Å²) < 4.78 is 39.3. The van der Waals surface area contributed by atoms with Gasteiger partial charge in [-0.2, -0.15) is 13.2 Å². The van der Waals surface area contributed by atoms with E-state index in [1.165, 1.54) is 0 Å². The highest BCUT2D eigenvalue weighted by molar-refractivity contribution is 5.82. The molecule has 0 spiro atoms. The van der Waals surface area contributed by atoms with Gasteiger partial charge in [-0.3, -0.25) is 0 Å². The van der Waals surface area contributed by atoms with Gasteiger partial charge in [0.15, 0.2) is 0 Å². The molecule has 0 radical (unpaired) electrons. The van der Waals surface area contributed by atoms with Crippen LogP contribution in [0.5, 0.6) is 0 Å². The maximum absolute atomic E-state index is 13.1. The van der Waals surface area contributed by atoms with Gasteiger partial charge in [0.2, 0.25) is 0 Å². The summed E-state index contributed by atoms with van der Waals surface area (Å²) in [6.45, 7) is 0.488. The number of benzene rings is 2. The lowest BCUT2D eigenvalue weighted by molar-refractivity contribution is -0.189. The van der Waals surface area contributed by atoms with Crippen LogP contribution in [0.25, 0.3) is 10.8 Å². The van der Waals surface area contributed by atoms with E-state index in [0.29, 0.717) is 19.4 Å². The molecular formula is C18H20F3N. The first kappa shape index (κ1) is 15.3. The van der Waals surface area contributed by atoms with Crippen LogP contribution < -0.4 is 5.32 Å². The Morgan fingerprint density at radius 2 is 1.68 bits per heavy atom. The molecule has 2 atom stereocenters. The van der Waals surface area contributed by atoms with Crippen molar-refractivity contribution in [2.45, 2.75) is 44.4 Å². The third kappa shape index (κ3) is 3.43. The van der Waals surface area contributed by atoms with Gasteiger partial charge in [-0.1, -0.05) is 49.2 Å². The van der Waals surface area contributed by atoms with Crippen LogP contribution in [0.3, 0.4) is 0 Å². The van der Waals surface area contributed by atoms with E-state index < -0.39 is 18.1 Å². The Morgan fingerprint density at radius 3 is 2.45 bits per heavy atom. The summed E-state index contributed by atoms with van der Waals surface area (Å²) in [4.78, 5) is 0. The molecule has 3 rings (SSSR count). The van der Waals surface area contributed by atoms with Gasteiger partial charge < -0.3 is 5.32 Å². The molecule has 4 heteroatoms. The number of rotatable bonds is 3. The Morgan fingerprint density at radius 1 is 0.955 bits per heavy atom. The zero-order valence-electron chi connectivity index (χ0n) is 12.4. The summed E-state index contributed by atoms with van der Waals surface area (Å²) in [7, 11) is 0. The van der Waals surface area contributed by atoms with Crippen LogP contribution in [0.1, 0.15) is 31.2 Å². The highest BCUT2D eigenvalue weighted by Crippen LogP contribution is 2.37. The molecule has 0 bridgehead atoms. The van der Waals surface area contributed by atoms with Crippen molar-refractivity contribution in [3.8, 4) is 0 Å². The minimum Gasteiger partial charge on any atom is -0.309 e. The van der Waals surface area contributed by atoms with Gasteiger partial charge in [0.05, 0.1) is 5.92 Å². The normalized spacial score (nSPS) is 22.9. The van der Waals surface area contributed by atoms with E-state index >= 15 is 0 Å². The van der Waals surface area contributed by atoms with Crippen molar-refractivity contribution < 1.29 is 13.2 Å². The maximum atomic E-state index is 13.1. The summed E-state index contributed by atoms with van der Waals surface area (Å²) in [5, 5.41) is 5.41. The lowest BCUT2D eigenvalue weighted by atomic mass is 9.84. The van der Waals surface area contributed by atoms with Gasteiger partial charge in [-0.05, 0) is 35.2 Å². The minimum absolute atomic E-state index is 0.249. The lowest BCUT2D eigenvalue weighted by Gasteiger charge is -2.33. The molecule has 22 heavy (non-hydrogen) atoms. The van der Waals surface area contributed by atoms with Crippen LogP contribution in [-0.4, -0.2) is 12.2 Å². The molecule has 0 amide bonds. The molecule has 2 aromatic carbocycles. The molecule has 118 valence electrons. The molecule has 1 nitrogen and oxygen atoms in total. The van der Waals surface area contributed by atoms with E-state index in [9.17, 15) is 13.2 Å². The van der Waals surface area contributed by atoms with Crippen molar-refractivity contribution >= 4 is 10.8 Å². The van der Waals surface area contributed by atoms with Crippen LogP contribution >= 0.6 is 0 Å². The van der Waals surface area contributed by atoms with Crippen LogP contribution in [0.2, 0.25) is 0 Å². The van der Waals surface area contributed by atoms with E-state index in [2.05, 4.69) is 5.32 Å². The van der Waals surface area contributed by atoms with Crippen molar-refractivity contribution in [3.63, 3.8) is 0 Å². The molecule has 2 aromatic rings. The largest absolute Gasteiger partial charge is 0.393 e. The molecule has 0 aliphatic heterocycles. The second-order valence-corrected chi connectivity index (χ2v) is 6.10. The number of hydrogen-bond acceptors (Lipinski definition) is 1. The van der Waals surface area contributed by atoms with Gasteiger partial charge in [0.25, 0.3) is 0 Å². The Labute approximate surface area is 128 Å². The van der Waals surface area contributed by atoms with Crippen molar-refractivity contribution in [2.24, 2.45) is 5.92 Å². The Kier molecular flexibility index (Phi) is 4.39. The Hall–Kier alpha value is -1.55. The van der Waals surface area contributed by atoms with Crippen LogP contribution in [-0.2, 0) is 6.54 Å². The van der Waals surface area contributed by atoms with Crippen LogP contribution in [0.15, 0.2) is 42.5 Å². The fourth-order valence-electron chi connectivity index (χ4n) is 3.36. The second-order valence-electron chi connectivity index (χ2n) is 6.10. The maximum Gasteiger partial charge on any atom is 0.393 e. The van der Waals surface area contributed by atoms with Gasteiger partial charge in [0, 0.05) is 12.6 Å². The van der Waals surface area contributed by atoms with Crippen LogP contribution in [0, 0.1) is 5.92 Å². The summed E-state index contributed by atoms with van der Waals surface area (Å²) in [6, 6.07) is 13.6. The quantitative estimate of drug-likeness (QED) is 0.836. The zero-order valence-corrected chi connectivity index (χ0v) is 12.4. The molecule has 2 unspecified atom stereocenters. The zero-order chi connectivity index (χ0) is 15.6. The second kappa shape index (κ2) is 6.29. The van der Waals surface area contributed by atoms with E-state index in [-0.39, 0.29) is 6.42 Å². The first-order chi connectivity index (χ1) is 10.5. The van der Waals surface area contributed by atoms with Crippen molar-refractivity contribution in [2.75, 3.05) is 0 Å². The van der Waals surface area contributed by atoms with E-state index in [4.69, 9.17) is 0 Å². The molecule has 1 aliphatic carbocycles. The van der Waals surface area contributed by atoms with Crippen LogP contribution in [0.4, 0.5) is 13.2 Å². The fourth-order valence-corrected chi connectivity index (χ4v) is 3.36. The number of hydrogen-bond donors (Lipinski definition) is 1. The minimum atomic E-state index is -4.10. The molecule has 0 heterocycles. The third-order valence-electron chi connectivity index (χ3n) is 4.57. The molecule has 1 saturated carbocycles.